The molecule has 3 amide bonds. The van der Waals surface area contributed by atoms with E-state index in [-0.39, 0.29) is 22.4 Å². The molecule has 7 atom stereocenters. The third-order valence-electron chi connectivity index (χ3n) is 8.29. The number of ether oxygens (including phenoxy) is 1. The van der Waals surface area contributed by atoms with Crippen LogP contribution in [0.4, 0.5) is 0 Å². The molecule has 0 radical (unpaired) electrons. The minimum absolute atomic E-state index is 0.00342. The van der Waals surface area contributed by atoms with Crippen LogP contribution >= 0.6 is 11.6 Å². The van der Waals surface area contributed by atoms with Crippen LogP contribution in [0.3, 0.4) is 0 Å². The van der Waals surface area contributed by atoms with E-state index in [4.69, 9.17) is 16.3 Å². The van der Waals surface area contributed by atoms with Crippen LogP contribution in [0.2, 0.25) is 5.02 Å². The maximum absolute atomic E-state index is 13.9. The van der Waals surface area contributed by atoms with Crippen LogP contribution in [0.5, 0.6) is 5.75 Å². The Morgan fingerprint density at radius 3 is 2.11 bits per heavy atom. The second-order valence-electron chi connectivity index (χ2n) is 10.0. The lowest BCUT2D eigenvalue weighted by atomic mass is 9.63. The van der Waals surface area contributed by atoms with E-state index < -0.39 is 41.4 Å². The molecule has 0 unspecified atom stereocenters. The maximum Gasteiger partial charge on any atom is 0.275 e. The van der Waals surface area contributed by atoms with Crippen molar-refractivity contribution in [2.45, 2.75) is 19.4 Å². The number of amides is 3. The van der Waals surface area contributed by atoms with Crippen LogP contribution in [0.25, 0.3) is 0 Å². The van der Waals surface area contributed by atoms with E-state index in [9.17, 15) is 19.2 Å². The number of hydrogen-bond acceptors (Lipinski definition) is 5. The highest BCUT2D eigenvalue weighted by Gasteiger charge is 2.68. The Kier molecular flexibility index (Phi) is 5.30. The summed E-state index contributed by atoms with van der Waals surface area (Å²) < 4.78 is 5.17. The van der Waals surface area contributed by atoms with E-state index in [2.05, 4.69) is 12.2 Å². The number of halogens is 1. The zero-order chi connectivity index (χ0) is 25.3. The average Bonchev–Trinajstić information content (AvgIpc) is 3.68. The number of carbonyl (C=O) groups excluding carboxylic acids is 4. The summed E-state index contributed by atoms with van der Waals surface area (Å²) in [6.07, 6.45) is 5.17. The molecule has 3 fully saturated rings. The van der Waals surface area contributed by atoms with Gasteiger partial charge in [-0.05, 0) is 73.4 Å². The van der Waals surface area contributed by atoms with E-state index in [1.54, 1.807) is 42.5 Å². The zero-order valence-electron chi connectivity index (χ0n) is 19.8. The molecule has 1 saturated heterocycles. The fraction of sp³-hybridized carbons (Fsp3) is 0.357. The van der Waals surface area contributed by atoms with Crippen LogP contribution < -0.4 is 4.74 Å². The van der Waals surface area contributed by atoms with Gasteiger partial charge >= 0.3 is 0 Å². The van der Waals surface area contributed by atoms with Gasteiger partial charge in [0.25, 0.3) is 17.7 Å². The van der Waals surface area contributed by atoms with E-state index in [0.717, 1.165) is 16.4 Å². The molecule has 1 aliphatic heterocycles. The molecule has 0 spiro atoms. The second-order valence-corrected chi connectivity index (χ2v) is 10.4. The molecular weight excluding hydrogens is 480 g/mol. The third kappa shape index (κ3) is 3.25. The lowest BCUT2D eigenvalue weighted by Crippen LogP contribution is -2.56. The van der Waals surface area contributed by atoms with Crippen molar-refractivity contribution in [3.8, 4) is 5.75 Å². The van der Waals surface area contributed by atoms with E-state index in [1.807, 2.05) is 0 Å². The molecule has 0 N–H and O–H groups in total. The Labute approximate surface area is 213 Å². The van der Waals surface area contributed by atoms with Gasteiger partial charge in [-0.3, -0.25) is 19.2 Å². The van der Waals surface area contributed by atoms with Crippen molar-refractivity contribution in [3.63, 3.8) is 0 Å². The van der Waals surface area contributed by atoms with Crippen molar-refractivity contribution in [3.05, 3.63) is 76.8 Å². The first-order chi connectivity index (χ1) is 17.3. The van der Waals surface area contributed by atoms with Gasteiger partial charge in [0.1, 0.15) is 11.8 Å². The van der Waals surface area contributed by atoms with Crippen LogP contribution in [0.1, 0.15) is 34.1 Å². The van der Waals surface area contributed by atoms with Crippen molar-refractivity contribution in [1.82, 2.24) is 10.0 Å². The molecule has 7 nitrogen and oxygen atoms in total. The van der Waals surface area contributed by atoms with Crippen molar-refractivity contribution in [1.29, 1.82) is 0 Å². The summed E-state index contributed by atoms with van der Waals surface area (Å²) in [5, 5.41) is 2.16. The van der Waals surface area contributed by atoms with Gasteiger partial charge in [-0.1, -0.05) is 35.9 Å². The van der Waals surface area contributed by atoms with Crippen molar-refractivity contribution in [2.75, 3.05) is 7.11 Å². The Hall–Kier alpha value is -3.45. The largest absolute Gasteiger partial charge is 0.497 e. The van der Waals surface area contributed by atoms with Crippen LogP contribution in [0, 0.1) is 35.5 Å². The van der Waals surface area contributed by atoms with Gasteiger partial charge in [-0.15, -0.1) is 0 Å². The van der Waals surface area contributed by atoms with Crippen LogP contribution in [0.15, 0.2) is 60.7 Å². The van der Waals surface area contributed by atoms with Gasteiger partial charge in [0.05, 0.1) is 29.5 Å². The van der Waals surface area contributed by atoms with E-state index >= 15 is 0 Å². The Bertz CT molecular complexity index is 1290. The quantitative estimate of drug-likeness (QED) is 0.337. The van der Waals surface area contributed by atoms with Gasteiger partial charge in [0.15, 0.2) is 5.78 Å². The van der Waals surface area contributed by atoms with Crippen LogP contribution in [-0.2, 0) is 9.59 Å². The second kappa shape index (κ2) is 8.30. The Morgan fingerprint density at radius 2 is 1.56 bits per heavy atom. The normalized spacial score (nSPS) is 30.0. The van der Waals surface area contributed by atoms with Crippen molar-refractivity contribution >= 4 is 35.1 Å². The number of allylic oxidation sites excluding steroid dienone is 2. The number of benzene rings is 2. The predicted molar refractivity (Wildman–Crippen MR) is 131 cm³/mol. The van der Waals surface area contributed by atoms with Gasteiger partial charge in [-0.2, -0.15) is 5.01 Å². The molecule has 1 heterocycles. The molecule has 0 aromatic heterocycles. The summed E-state index contributed by atoms with van der Waals surface area (Å²) in [5.74, 6) is -1.48. The van der Waals surface area contributed by atoms with E-state index in [1.165, 1.54) is 20.1 Å². The summed E-state index contributed by atoms with van der Waals surface area (Å²) >= 11 is 6.34. The molecular formula is C28H25ClN2O5. The first-order valence-electron chi connectivity index (χ1n) is 12.2. The molecule has 184 valence electrons. The van der Waals surface area contributed by atoms with Crippen molar-refractivity contribution in [2.24, 2.45) is 35.5 Å². The molecule has 8 heteroatoms. The summed E-state index contributed by atoms with van der Waals surface area (Å²) in [6.45, 7) is 1.54. The Morgan fingerprint density at radius 1 is 0.972 bits per heavy atom. The maximum atomic E-state index is 13.9. The first kappa shape index (κ1) is 23.0. The molecule has 2 aromatic rings. The minimum atomic E-state index is -1.13. The molecule has 2 aromatic carbocycles. The minimum Gasteiger partial charge on any atom is -0.497 e. The van der Waals surface area contributed by atoms with Crippen molar-refractivity contribution < 1.29 is 23.9 Å². The Balaban J connectivity index is 1.40. The highest BCUT2D eigenvalue weighted by Crippen LogP contribution is 2.65. The monoisotopic (exact) mass is 504 g/mol. The summed E-state index contributed by atoms with van der Waals surface area (Å²) in [7, 11) is 1.53. The number of hydrazine groups is 1. The fourth-order valence-corrected chi connectivity index (χ4v) is 6.68. The average molecular weight is 505 g/mol. The van der Waals surface area contributed by atoms with Gasteiger partial charge < -0.3 is 4.74 Å². The first-order valence-corrected chi connectivity index (χ1v) is 12.5. The SMILES string of the molecule is COc1ccc(C(=O)[C@H](C)N(C(=O)c2ccccc2Cl)N2C(=O)[C@@H]3[C@H]4C=C[C@@H]([C@@H]5C[C@@H]45)[C@@H]3C2=O)cc1. The highest BCUT2D eigenvalue weighted by atomic mass is 35.5. The van der Waals surface area contributed by atoms with Gasteiger partial charge in [0, 0.05) is 5.56 Å². The lowest BCUT2D eigenvalue weighted by Gasteiger charge is -2.37. The number of rotatable bonds is 6. The molecule has 2 bridgehead atoms. The number of hydrogen-bond donors (Lipinski definition) is 0. The molecule has 2 saturated carbocycles. The number of imide groups is 1. The molecule has 7 rings (SSSR count). The van der Waals surface area contributed by atoms with Crippen LogP contribution in [-0.4, -0.2) is 46.7 Å². The topological polar surface area (TPSA) is 84.0 Å². The smallest absolute Gasteiger partial charge is 0.275 e. The number of methoxy groups -OCH3 is 1. The summed E-state index contributed by atoms with van der Waals surface area (Å²) in [4.78, 5) is 55.1. The van der Waals surface area contributed by atoms with Gasteiger partial charge in [-0.25, -0.2) is 5.01 Å². The lowest BCUT2D eigenvalue weighted by molar-refractivity contribution is -0.156. The fourth-order valence-electron chi connectivity index (χ4n) is 6.46. The zero-order valence-corrected chi connectivity index (χ0v) is 20.6. The number of Topliss-reactive ketones (excluding diaryl/α,β-unsaturated/α-hetero) is 1. The van der Waals surface area contributed by atoms with Gasteiger partial charge in [0.2, 0.25) is 0 Å². The predicted octanol–water partition coefficient (Wildman–Crippen LogP) is 4.03. The number of nitrogens with zero attached hydrogens (tertiary/aromatic N) is 2. The standard InChI is InChI=1S/C28H25ClN2O5/c1-14(25(32)15-7-9-16(36-2)10-8-15)30(26(33)19-5-3-4-6-22(19)29)31-27(34)23-17-11-12-18(21-13-20(17)21)24(23)28(31)35/h3-12,14,17-18,20-21,23-24H,13H2,1-2H3/t14-,17-,18-,20-,21-,23-,24+/m0/s1. The highest BCUT2D eigenvalue weighted by molar-refractivity contribution is 6.34. The molecule has 5 aliphatic rings. The molecule has 4 aliphatic carbocycles. The number of carbonyl (C=O) groups is 4. The summed E-state index contributed by atoms with van der Waals surface area (Å²) in [5.41, 5.74) is 0.452. The van der Waals surface area contributed by atoms with E-state index in [0.29, 0.717) is 23.1 Å². The number of ketones is 1. The molecule has 36 heavy (non-hydrogen) atoms. The summed E-state index contributed by atoms with van der Waals surface area (Å²) in [6, 6.07) is 11.8. The third-order valence-corrected chi connectivity index (χ3v) is 8.62.